The SMILES string of the molecule is O=C(O)C(Nc1ccccc1Br)c1ccc(O)cc1. The highest BCUT2D eigenvalue weighted by molar-refractivity contribution is 9.10. The lowest BCUT2D eigenvalue weighted by atomic mass is 10.1. The second kappa shape index (κ2) is 5.75. The lowest BCUT2D eigenvalue weighted by Gasteiger charge is -2.17. The average Bonchev–Trinajstić information content (AvgIpc) is 2.39. The maximum absolute atomic E-state index is 11.4. The van der Waals surface area contributed by atoms with Crippen molar-refractivity contribution in [3.63, 3.8) is 0 Å². The van der Waals surface area contributed by atoms with Crippen LogP contribution in [-0.4, -0.2) is 16.2 Å². The van der Waals surface area contributed by atoms with Crippen molar-refractivity contribution in [1.82, 2.24) is 0 Å². The van der Waals surface area contributed by atoms with Gasteiger partial charge in [0, 0.05) is 10.2 Å². The summed E-state index contributed by atoms with van der Waals surface area (Å²) in [6.45, 7) is 0. The molecule has 0 heterocycles. The Balaban J connectivity index is 2.29. The second-order valence-corrected chi connectivity index (χ2v) is 4.84. The number of hydrogen-bond donors (Lipinski definition) is 3. The van der Waals surface area contributed by atoms with E-state index in [1.54, 1.807) is 18.2 Å². The lowest BCUT2D eigenvalue weighted by molar-refractivity contribution is -0.138. The molecular weight excluding hydrogens is 310 g/mol. The summed E-state index contributed by atoms with van der Waals surface area (Å²) in [5, 5.41) is 21.5. The maximum atomic E-state index is 11.4. The molecule has 1 atom stereocenters. The molecule has 5 heteroatoms. The highest BCUT2D eigenvalue weighted by Gasteiger charge is 2.20. The zero-order chi connectivity index (χ0) is 13.8. The minimum absolute atomic E-state index is 0.105. The van der Waals surface area contributed by atoms with Crippen molar-refractivity contribution in [2.45, 2.75) is 6.04 Å². The Morgan fingerprint density at radius 1 is 1.11 bits per heavy atom. The first-order chi connectivity index (χ1) is 9.08. The van der Waals surface area contributed by atoms with Gasteiger partial charge in [0.05, 0.1) is 0 Å². The van der Waals surface area contributed by atoms with Gasteiger partial charge in [-0.15, -0.1) is 0 Å². The zero-order valence-electron chi connectivity index (χ0n) is 9.88. The van der Waals surface area contributed by atoms with Crippen molar-refractivity contribution < 1.29 is 15.0 Å². The van der Waals surface area contributed by atoms with Crippen LogP contribution in [0.5, 0.6) is 5.75 Å². The van der Waals surface area contributed by atoms with E-state index in [0.717, 1.165) is 4.47 Å². The second-order valence-electron chi connectivity index (χ2n) is 3.99. The van der Waals surface area contributed by atoms with Crippen molar-refractivity contribution >= 4 is 27.6 Å². The van der Waals surface area contributed by atoms with Gasteiger partial charge in [0.15, 0.2) is 6.04 Å². The Labute approximate surface area is 118 Å². The summed E-state index contributed by atoms with van der Waals surface area (Å²) in [7, 11) is 0. The molecule has 0 aliphatic heterocycles. The number of phenols is 1. The number of anilines is 1. The van der Waals surface area contributed by atoms with E-state index >= 15 is 0 Å². The van der Waals surface area contributed by atoms with Crippen LogP contribution in [0.3, 0.4) is 0 Å². The van der Waals surface area contributed by atoms with E-state index in [-0.39, 0.29) is 5.75 Å². The van der Waals surface area contributed by atoms with Crippen LogP contribution in [0.1, 0.15) is 11.6 Å². The first-order valence-corrected chi connectivity index (χ1v) is 6.40. The van der Waals surface area contributed by atoms with E-state index in [9.17, 15) is 15.0 Å². The topological polar surface area (TPSA) is 69.6 Å². The molecule has 0 fully saturated rings. The van der Waals surface area contributed by atoms with Gasteiger partial charge in [-0.2, -0.15) is 0 Å². The van der Waals surface area contributed by atoms with Crippen LogP contribution < -0.4 is 5.32 Å². The molecule has 2 aromatic rings. The quantitative estimate of drug-likeness (QED) is 0.807. The fraction of sp³-hybridized carbons (Fsp3) is 0.0714. The molecule has 0 aliphatic carbocycles. The van der Waals surface area contributed by atoms with Crippen molar-refractivity contribution in [2.75, 3.05) is 5.32 Å². The van der Waals surface area contributed by atoms with Gasteiger partial charge in [-0.05, 0) is 45.8 Å². The Kier molecular flexibility index (Phi) is 4.06. The Morgan fingerprint density at radius 2 is 1.74 bits per heavy atom. The Morgan fingerprint density at radius 3 is 2.32 bits per heavy atom. The highest BCUT2D eigenvalue weighted by atomic mass is 79.9. The summed E-state index contributed by atoms with van der Waals surface area (Å²) >= 11 is 3.36. The summed E-state index contributed by atoms with van der Waals surface area (Å²) in [5.41, 5.74) is 1.27. The predicted molar refractivity (Wildman–Crippen MR) is 76.2 cm³/mol. The highest BCUT2D eigenvalue weighted by Crippen LogP contribution is 2.27. The smallest absolute Gasteiger partial charge is 0.330 e. The summed E-state index contributed by atoms with van der Waals surface area (Å²) in [6.07, 6.45) is 0. The average molecular weight is 322 g/mol. The summed E-state index contributed by atoms with van der Waals surface area (Å²) in [6, 6.07) is 12.5. The normalized spacial score (nSPS) is 11.8. The van der Waals surface area contributed by atoms with Crippen LogP contribution in [0, 0.1) is 0 Å². The van der Waals surface area contributed by atoms with Gasteiger partial charge in [-0.25, -0.2) is 4.79 Å². The van der Waals surface area contributed by atoms with E-state index in [4.69, 9.17) is 0 Å². The van der Waals surface area contributed by atoms with E-state index in [0.29, 0.717) is 11.3 Å². The van der Waals surface area contributed by atoms with Gasteiger partial charge in [0.1, 0.15) is 5.75 Å². The Hall–Kier alpha value is -2.01. The molecule has 0 aliphatic rings. The number of halogens is 1. The number of nitrogens with one attached hydrogen (secondary N) is 1. The number of hydrogen-bond acceptors (Lipinski definition) is 3. The largest absolute Gasteiger partial charge is 0.508 e. The van der Waals surface area contributed by atoms with Crippen molar-refractivity contribution in [3.05, 3.63) is 58.6 Å². The van der Waals surface area contributed by atoms with Crippen LogP contribution in [0.15, 0.2) is 53.0 Å². The third kappa shape index (κ3) is 3.26. The van der Waals surface area contributed by atoms with Crippen LogP contribution in [0.4, 0.5) is 5.69 Å². The monoisotopic (exact) mass is 321 g/mol. The van der Waals surface area contributed by atoms with Gasteiger partial charge in [0.25, 0.3) is 0 Å². The molecule has 98 valence electrons. The molecule has 0 amide bonds. The Bertz CT molecular complexity index is 583. The third-order valence-corrected chi connectivity index (χ3v) is 3.34. The maximum Gasteiger partial charge on any atom is 0.330 e. The standard InChI is InChI=1S/C14H12BrNO3/c15-11-3-1-2-4-12(11)16-13(14(18)19)9-5-7-10(17)8-6-9/h1-8,13,16-17H,(H,18,19). The molecule has 3 N–H and O–H groups in total. The van der Waals surface area contributed by atoms with Crippen LogP contribution >= 0.6 is 15.9 Å². The number of phenolic OH excluding ortho intramolecular Hbond substituents is 1. The molecule has 0 saturated heterocycles. The van der Waals surface area contributed by atoms with E-state index in [1.165, 1.54) is 12.1 Å². The fourth-order valence-electron chi connectivity index (χ4n) is 1.69. The summed E-state index contributed by atoms with van der Waals surface area (Å²) < 4.78 is 0.792. The van der Waals surface area contributed by atoms with Gasteiger partial charge < -0.3 is 15.5 Å². The number of carboxylic acids is 1. The molecule has 1 unspecified atom stereocenters. The molecule has 2 rings (SSSR count). The molecule has 0 spiro atoms. The van der Waals surface area contributed by atoms with Gasteiger partial charge in [-0.1, -0.05) is 24.3 Å². The number of aromatic hydroxyl groups is 1. The van der Waals surface area contributed by atoms with Crippen molar-refractivity contribution in [2.24, 2.45) is 0 Å². The zero-order valence-corrected chi connectivity index (χ0v) is 11.5. The van der Waals surface area contributed by atoms with Crippen LogP contribution in [-0.2, 0) is 4.79 Å². The number of aliphatic carboxylic acids is 1. The van der Waals surface area contributed by atoms with E-state index in [1.807, 2.05) is 18.2 Å². The van der Waals surface area contributed by atoms with E-state index < -0.39 is 12.0 Å². The predicted octanol–water partition coefficient (Wildman–Crippen LogP) is 3.39. The van der Waals surface area contributed by atoms with Gasteiger partial charge >= 0.3 is 5.97 Å². The van der Waals surface area contributed by atoms with Crippen molar-refractivity contribution in [3.8, 4) is 5.75 Å². The molecular formula is C14H12BrNO3. The van der Waals surface area contributed by atoms with E-state index in [2.05, 4.69) is 21.2 Å². The fourth-order valence-corrected chi connectivity index (χ4v) is 2.09. The number of para-hydroxylation sites is 1. The summed E-state index contributed by atoms with van der Waals surface area (Å²) in [4.78, 5) is 11.4. The molecule has 0 aromatic heterocycles. The summed E-state index contributed by atoms with van der Waals surface area (Å²) in [5.74, 6) is -0.879. The molecule has 0 bridgehead atoms. The minimum Gasteiger partial charge on any atom is -0.508 e. The first-order valence-electron chi connectivity index (χ1n) is 5.61. The number of rotatable bonds is 4. The van der Waals surface area contributed by atoms with Gasteiger partial charge in [-0.3, -0.25) is 0 Å². The van der Waals surface area contributed by atoms with Crippen molar-refractivity contribution in [1.29, 1.82) is 0 Å². The molecule has 2 aromatic carbocycles. The minimum atomic E-state index is -0.985. The molecule has 0 saturated carbocycles. The van der Waals surface area contributed by atoms with Crippen LogP contribution in [0.2, 0.25) is 0 Å². The number of carboxylic acid groups (broad SMARTS) is 1. The lowest BCUT2D eigenvalue weighted by Crippen LogP contribution is -2.20. The van der Waals surface area contributed by atoms with Gasteiger partial charge in [0.2, 0.25) is 0 Å². The first kappa shape index (κ1) is 13.4. The number of benzene rings is 2. The molecule has 4 nitrogen and oxygen atoms in total. The molecule has 19 heavy (non-hydrogen) atoms. The third-order valence-electron chi connectivity index (χ3n) is 2.65. The number of carbonyl (C=O) groups is 1. The molecule has 0 radical (unpaired) electrons. The van der Waals surface area contributed by atoms with Crippen LogP contribution in [0.25, 0.3) is 0 Å².